The number of aromatic nitrogens is 1. The fourth-order valence-electron chi connectivity index (χ4n) is 6.37. The SMILES string of the molecule is CC1(CCCCS(=O)(=O)O)/C(=C\C=C\c2oc3ccc(F)cc3[n+]2CCCCS(=O)(=O)[O-])N(CCCCCC(=O)O)c2c(F)c(F)c(F)c(F)c21. The number of oxazole rings is 1. The van der Waals surface area contributed by atoms with Gasteiger partial charge in [0.25, 0.3) is 15.6 Å². The van der Waals surface area contributed by atoms with Gasteiger partial charge in [-0.2, -0.15) is 13.0 Å². The summed E-state index contributed by atoms with van der Waals surface area (Å²) in [5, 5.41) is 8.99. The lowest BCUT2D eigenvalue weighted by molar-refractivity contribution is -0.678. The highest BCUT2D eigenvalue weighted by Gasteiger charge is 2.49. The Balaban J connectivity index is 1.80. The highest BCUT2D eigenvalue weighted by atomic mass is 32.2. The van der Waals surface area contributed by atoms with Gasteiger partial charge in [-0.3, -0.25) is 9.35 Å². The molecule has 0 amide bonds. The molecule has 1 atom stereocenters. The Morgan fingerprint density at radius 3 is 2.29 bits per heavy atom. The fourth-order valence-corrected chi connectivity index (χ4v) is 7.49. The zero-order chi connectivity index (χ0) is 37.7. The lowest BCUT2D eigenvalue weighted by Crippen LogP contribution is -2.35. The number of aliphatic carboxylic acids is 1. The van der Waals surface area contributed by atoms with E-state index in [4.69, 9.17) is 9.52 Å². The van der Waals surface area contributed by atoms with Crippen molar-refractivity contribution in [3.8, 4) is 0 Å². The summed E-state index contributed by atoms with van der Waals surface area (Å²) < 4.78 is 147. The van der Waals surface area contributed by atoms with Gasteiger partial charge in [-0.1, -0.05) is 18.9 Å². The number of carboxylic acid groups (broad SMARTS) is 1. The van der Waals surface area contributed by atoms with Crippen molar-refractivity contribution in [2.75, 3.05) is 23.0 Å². The number of halogens is 5. The summed E-state index contributed by atoms with van der Waals surface area (Å²) in [4.78, 5) is 12.3. The molecule has 1 unspecified atom stereocenters. The summed E-state index contributed by atoms with van der Waals surface area (Å²) in [7, 11) is -8.82. The molecule has 0 saturated carbocycles. The van der Waals surface area contributed by atoms with Crippen molar-refractivity contribution in [3.63, 3.8) is 0 Å². The number of carboxylic acids is 1. The number of unbranched alkanes of at least 4 members (excludes halogenated alkanes) is 4. The lowest BCUT2D eigenvalue weighted by atomic mass is 9.76. The number of nitrogens with zero attached hydrogens (tertiary/aromatic N) is 2. The van der Waals surface area contributed by atoms with Gasteiger partial charge in [0, 0.05) is 47.9 Å². The second kappa shape index (κ2) is 16.2. The first kappa shape index (κ1) is 39.9. The molecule has 3 aromatic rings. The number of carbonyl (C=O) groups is 1. The van der Waals surface area contributed by atoms with Gasteiger partial charge in [0.2, 0.25) is 5.58 Å². The third kappa shape index (κ3) is 9.72. The third-order valence-electron chi connectivity index (χ3n) is 8.73. The molecule has 0 radical (unpaired) electrons. The Bertz CT molecular complexity index is 2070. The van der Waals surface area contributed by atoms with Gasteiger partial charge < -0.3 is 19.0 Å². The Morgan fingerprint density at radius 2 is 1.63 bits per heavy atom. The van der Waals surface area contributed by atoms with Crippen LogP contribution in [0, 0.1) is 29.1 Å². The number of rotatable bonds is 18. The monoisotopic (exact) mass is 764 g/mol. The van der Waals surface area contributed by atoms with Crippen LogP contribution in [0.3, 0.4) is 0 Å². The Kier molecular flexibility index (Phi) is 12.7. The molecule has 2 N–H and O–H groups in total. The minimum atomic E-state index is -4.47. The number of allylic oxidation sites excluding steroid dienone is 3. The number of fused-ring (bicyclic) bond motifs is 2. The summed E-state index contributed by atoms with van der Waals surface area (Å²) >= 11 is 0. The minimum Gasteiger partial charge on any atom is -0.748 e. The van der Waals surface area contributed by atoms with Crippen LogP contribution in [0.5, 0.6) is 0 Å². The Hall–Kier alpha value is -3.87. The van der Waals surface area contributed by atoms with Gasteiger partial charge in [-0.05, 0) is 57.2 Å². The van der Waals surface area contributed by atoms with E-state index in [-0.39, 0.29) is 81.6 Å². The maximum atomic E-state index is 15.7. The molecule has 1 aliphatic rings. The highest BCUT2D eigenvalue weighted by Crippen LogP contribution is 2.54. The molecule has 51 heavy (non-hydrogen) atoms. The molecule has 1 aromatic heterocycles. The van der Waals surface area contributed by atoms with E-state index in [2.05, 4.69) is 0 Å². The summed E-state index contributed by atoms with van der Waals surface area (Å²) in [6.07, 6.45) is 4.99. The normalized spacial score (nSPS) is 17.3. The van der Waals surface area contributed by atoms with E-state index >= 15 is 8.78 Å². The van der Waals surface area contributed by atoms with Crippen LogP contribution in [-0.2, 0) is 37.0 Å². The first-order valence-electron chi connectivity index (χ1n) is 16.1. The van der Waals surface area contributed by atoms with Crippen LogP contribution in [0.4, 0.5) is 27.6 Å². The van der Waals surface area contributed by atoms with Gasteiger partial charge in [0.05, 0.1) is 27.6 Å². The van der Waals surface area contributed by atoms with Crippen LogP contribution >= 0.6 is 0 Å². The summed E-state index contributed by atoms with van der Waals surface area (Å²) in [5.74, 6) is -10.1. The first-order chi connectivity index (χ1) is 23.8. The average Bonchev–Trinajstić information content (AvgIpc) is 3.49. The Morgan fingerprint density at radius 1 is 0.941 bits per heavy atom. The van der Waals surface area contributed by atoms with Crippen molar-refractivity contribution >= 4 is 49.1 Å². The van der Waals surface area contributed by atoms with Crippen LogP contribution < -0.4 is 9.47 Å². The molecule has 0 saturated heterocycles. The summed E-state index contributed by atoms with van der Waals surface area (Å²) in [6, 6.07) is 3.72. The molecule has 18 heteroatoms. The molecule has 0 fully saturated rings. The van der Waals surface area contributed by atoms with E-state index in [0.29, 0.717) is 11.9 Å². The van der Waals surface area contributed by atoms with Crippen LogP contribution in [0.15, 0.2) is 40.5 Å². The molecule has 0 spiro atoms. The maximum Gasteiger partial charge on any atom is 0.374 e. The number of benzene rings is 2. The highest BCUT2D eigenvalue weighted by molar-refractivity contribution is 7.85. The molecule has 2 aromatic carbocycles. The van der Waals surface area contributed by atoms with Gasteiger partial charge in [0.1, 0.15) is 5.82 Å². The minimum absolute atomic E-state index is 0.00783. The number of hydrogen-bond donors (Lipinski definition) is 2. The largest absolute Gasteiger partial charge is 0.748 e. The van der Waals surface area contributed by atoms with Crippen LogP contribution in [-0.4, -0.2) is 55.1 Å². The van der Waals surface area contributed by atoms with E-state index in [9.17, 15) is 43.9 Å². The Labute approximate surface area is 291 Å². The molecule has 4 rings (SSSR count). The van der Waals surface area contributed by atoms with Crippen molar-refractivity contribution in [2.24, 2.45) is 0 Å². The van der Waals surface area contributed by atoms with Crippen LogP contribution in [0.25, 0.3) is 17.2 Å². The zero-order valence-electron chi connectivity index (χ0n) is 27.5. The van der Waals surface area contributed by atoms with E-state index in [1.54, 1.807) is 0 Å². The van der Waals surface area contributed by atoms with Crippen molar-refractivity contribution < 1.29 is 66.8 Å². The number of hydrogen-bond acceptors (Lipinski definition) is 8. The molecule has 1 aliphatic heterocycles. The van der Waals surface area contributed by atoms with E-state index < -0.39 is 83.5 Å². The predicted molar refractivity (Wildman–Crippen MR) is 175 cm³/mol. The smallest absolute Gasteiger partial charge is 0.374 e. The average molecular weight is 765 g/mol. The van der Waals surface area contributed by atoms with Gasteiger partial charge in [-0.25, -0.2) is 30.4 Å². The fraction of sp³-hybridized carbons (Fsp3) is 0.455. The standard InChI is InChI=1S/C33H37F5N2O9S2/c1-33(15-4-7-18-50(43,44)45)24(40(17-5-2-3-12-26(41)42)32-27(33)28(35)29(36)30(37)31(32)38)10-9-11-25-39(16-6-8-19-51(46,47)48)22-20-21(34)13-14-23(22)49-25/h9-11,13-14,20H,2-8,12,15-19H2,1H3,(H2-,41,42,43,44,45,46,47,48). The quantitative estimate of drug-likeness (QED) is 0.0385. The van der Waals surface area contributed by atoms with Crippen molar-refractivity contribution in [3.05, 3.63) is 76.6 Å². The van der Waals surface area contributed by atoms with Crippen molar-refractivity contribution in [1.82, 2.24) is 0 Å². The van der Waals surface area contributed by atoms with E-state index in [1.165, 1.54) is 46.8 Å². The molecule has 280 valence electrons. The predicted octanol–water partition coefficient (Wildman–Crippen LogP) is 6.12. The second-order valence-electron chi connectivity index (χ2n) is 12.5. The molecular weight excluding hydrogens is 727 g/mol. The van der Waals surface area contributed by atoms with Gasteiger partial charge in [-0.15, -0.1) is 0 Å². The van der Waals surface area contributed by atoms with Gasteiger partial charge >= 0.3 is 11.9 Å². The third-order valence-corrected chi connectivity index (χ3v) is 10.3. The van der Waals surface area contributed by atoms with Crippen molar-refractivity contribution in [2.45, 2.75) is 76.7 Å². The van der Waals surface area contributed by atoms with E-state index in [0.717, 1.165) is 6.07 Å². The zero-order valence-corrected chi connectivity index (χ0v) is 29.1. The topological polar surface area (TPSA) is 169 Å². The molecule has 11 nitrogen and oxygen atoms in total. The number of aryl methyl sites for hydroxylation is 1. The van der Waals surface area contributed by atoms with Crippen LogP contribution in [0.2, 0.25) is 0 Å². The molecular formula is C33H37F5N2O9S2. The molecule has 2 heterocycles. The maximum absolute atomic E-state index is 15.7. The first-order valence-corrected chi connectivity index (χ1v) is 19.3. The summed E-state index contributed by atoms with van der Waals surface area (Å²) in [6.45, 7) is 1.49. The number of anilines is 1. The molecule has 0 aliphatic carbocycles. The van der Waals surface area contributed by atoms with Crippen LogP contribution in [0.1, 0.15) is 76.2 Å². The van der Waals surface area contributed by atoms with E-state index in [1.807, 2.05) is 0 Å². The lowest BCUT2D eigenvalue weighted by Gasteiger charge is -2.30. The van der Waals surface area contributed by atoms with Crippen molar-refractivity contribution in [1.29, 1.82) is 0 Å². The second-order valence-corrected chi connectivity index (χ2v) is 15.6. The summed E-state index contributed by atoms with van der Waals surface area (Å²) in [5.41, 5.74) is -1.91. The van der Waals surface area contributed by atoms with Gasteiger partial charge in [0.15, 0.2) is 29.8 Å². The molecule has 0 bridgehead atoms.